The zero-order valence-corrected chi connectivity index (χ0v) is 17.3. The molecule has 31 heavy (non-hydrogen) atoms. The van der Waals surface area contributed by atoms with E-state index in [0.29, 0.717) is 5.52 Å². The maximum atomic E-state index is 13.4. The van der Waals surface area contributed by atoms with E-state index in [9.17, 15) is 22.0 Å². The quantitative estimate of drug-likeness (QED) is 0.537. The van der Waals surface area contributed by atoms with Crippen LogP contribution in [0.1, 0.15) is 6.42 Å². The number of H-pyrrole nitrogens is 1. The molecule has 2 heterocycles. The predicted molar refractivity (Wildman–Crippen MR) is 113 cm³/mol. The van der Waals surface area contributed by atoms with Crippen molar-refractivity contribution >= 4 is 26.8 Å². The highest BCUT2D eigenvalue weighted by molar-refractivity contribution is 7.89. The number of nitrogens with two attached hydrogens (primary N) is 1. The van der Waals surface area contributed by atoms with Gasteiger partial charge >= 0.3 is 0 Å². The normalized spacial score (nSPS) is 19.3. The number of halogens is 2. The van der Waals surface area contributed by atoms with Gasteiger partial charge in [0.05, 0.1) is 17.5 Å². The van der Waals surface area contributed by atoms with E-state index < -0.39 is 22.2 Å². The van der Waals surface area contributed by atoms with Crippen molar-refractivity contribution in [1.82, 2.24) is 14.6 Å². The van der Waals surface area contributed by atoms with E-state index in [1.165, 1.54) is 29.2 Å². The van der Waals surface area contributed by atoms with Crippen LogP contribution in [0.15, 0.2) is 53.6 Å². The molecule has 1 aliphatic heterocycles. The Morgan fingerprint density at radius 1 is 1.19 bits per heavy atom. The summed E-state index contributed by atoms with van der Waals surface area (Å²) in [5, 5.41) is 0.825. The highest BCUT2D eigenvalue weighted by atomic mass is 32.2. The molecule has 1 saturated heterocycles. The molecule has 164 valence electrons. The van der Waals surface area contributed by atoms with Crippen molar-refractivity contribution in [2.75, 3.05) is 19.6 Å². The van der Waals surface area contributed by atoms with Gasteiger partial charge in [0.1, 0.15) is 12.0 Å². The number of sulfonamides is 1. The lowest BCUT2D eigenvalue weighted by molar-refractivity contribution is -0.130. The maximum Gasteiger partial charge on any atom is 0.240 e. The van der Waals surface area contributed by atoms with Crippen LogP contribution in [0, 0.1) is 5.82 Å². The van der Waals surface area contributed by atoms with Crippen molar-refractivity contribution in [3.8, 4) is 11.1 Å². The first kappa shape index (κ1) is 21.4. The third-order valence-corrected chi connectivity index (χ3v) is 6.87. The van der Waals surface area contributed by atoms with Crippen LogP contribution in [0.25, 0.3) is 22.0 Å². The largest absolute Gasteiger partial charge is 0.360 e. The lowest BCUT2D eigenvalue weighted by Gasteiger charge is -2.15. The number of aromatic nitrogens is 1. The second-order valence-electron chi connectivity index (χ2n) is 7.54. The number of likely N-dealkylation sites (tertiary alicyclic amines) is 1. The number of rotatable bonds is 6. The van der Waals surface area contributed by atoms with Gasteiger partial charge in [-0.05, 0) is 35.9 Å². The van der Waals surface area contributed by atoms with Crippen LogP contribution in [0.4, 0.5) is 8.78 Å². The first-order valence-corrected chi connectivity index (χ1v) is 11.3. The molecule has 0 unspecified atom stereocenters. The zero-order valence-electron chi connectivity index (χ0n) is 16.5. The molecular weight excluding hydrogens is 426 g/mol. The van der Waals surface area contributed by atoms with Gasteiger partial charge in [-0.15, -0.1) is 0 Å². The Morgan fingerprint density at radius 3 is 2.61 bits per heavy atom. The first-order chi connectivity index (χ1) is 14.7. The Bertz CT molecular complexity index is 1200. The second kappa shape index (κ2) is 8.37. The first-order valence-electron chi connectivity index (χ1n) is 9.79. The summed E-state index contributed by atoms with van der Waals surface area (Å²) in [7, 11) is -3.81. The van der Waals surface area contributed by atoms with Gasteiger partial charge in [0.15, 0.2) is 0 Å². The molecule has 2 aromatic carbocycles. The summed E-state index contributed by atoms with van der Waals surface area (Å²) in [4.78, 5) is 16.5. The molecule has 3 aromatic rings. The van der Waals surface area contributed by atoms with Crippen LogP contribution in [-0.2, 0) is 14.8 Å². The fourth-order valence-electron chi connectivity index (χ4n) is 3.68. The number of hydrogen-bond donors (Lipinski definition) is 3. The number of carbonyl (C=O) groups excluding carboxylic acids is 1. The maximum absolute atomic E-state index is 13.4. The molecule has 1 aliphatic rings. The van der Waals surface area contributed by atoms with E-state index in [2.05, 4.69) is 9.71 Å². The average Bonchev–Trinajstić information content (AvgIpc) is 3.30. The summed E-state index contributed by atoms with van der Waals surface area (Å²) >= 11 is 0. The summed E-state index contributed by atoms with van der Waals surface area (Å²) in [6.07, 6.45) is 0.405. The van der Waals surface area contributed by atoms with Crippen molar-refractivity contribution in [3.05, 3.63) is 54.5 Å². The minimum Gasteiger partial charge on any atom is -0.360 e. The van der Waals surface area contributed by atoms with Gasteiger partial charge < -0.3 is 15.6 Å². The Labute approximate surface area is 178 Å². The summed E-state index contributed by atoms with van der Waals surface area (Å²) < 4.78 is 54.3. The number of carbonyl (C=O) groups is 1. The van der Waals surface area contributed by atoms with Crippen LogP contribution in [0.5, 0.6) is 0 Å². The molecular formula is C21H22F2N4O3S. The molecule has 4 rings (SSSR count). The fraction of sp³-hybridized carbons (Fsp3) is 0.286. The highest BCUT2D eigenvalue weighted by Gasteiger charge is 2.32. The lowest BCUT2D eigenvalue weighted by atomic mass is 10.1. The molecule has 0 aliphatic carbocycles. The van der Waals surface area contributed by atoms with Gasteiger partial charge in [0, 0.05) is 42.2 Å². The molecule has 2 atom stereocenters. The lowest BCUT2D eigenvalue weighted by Crippen LogP contribution is -2.35. The molecule has 1 aromatic heterocycles. The van der Waals surface area contributed by atoms with Crippen LogP contribution in [0.2, 0.25) is 0 Å². The number of alkyl halides is 1. The fourth-order valence-corrected chi connectivity index (χ4v) is 4.71. The van der Waals surface area contributed by atoms with Crippen molar-refractivity contribution in [3.63, 3.8) is 0 Å². The number of hydrogen-bond acceptors (Lipinski definition) is 4. The average molecular weight is 448 g/mol. The third kappa shape index (κ3) is 4.46. The minimum atomic E-state index is -3.81. The van der Waals surface area contributed by atoms with Crippen LogP contribution in [-0.4, -0.2) is 56.1 Å². The van der Waals surface area contributed by atoms with Gasteiger partial charge in [-0.2, -0.15) is 0 Å². The highest BCUT2D eigenvalue weighted by Crippen LogP contribution is 2.29. The Kier molecular flexibility index (Phi) is 5.78. The number of nitrogens with zero attached hydrogens (tertiary/aromatic N) is 1. The Morgan fingerprint density at radius 2 is 1.94 bits per heavy atom. The Balaban J connectivity index is 1.40. The molecule has 1 amide bonds. The molecule has 0 bridgehead atoms. The topological polar surface area (TPSA) is 108 Å². The van der Waals surface area contributed by atoms with E-state index in [4.69, 9.17) is 5.73 Å². The molecule has 1 fully saturated rings. The van der Waals surface area contributed by atoms with Gasteiger partial charge in [0.25, 0.3) is 0 Å². The Hall–Kier alpha value is -2.82. The van der Waals surface area contributed by atoms with E-state index >= 15 is 0 Å². The number of benzene rings is 2. The summed E-state index contributed by atoms with van der Waals surface area (Å²) in [6, 6.07) is 9.99. The van der Waals surface area contributed by atoms with E-state index in [1.807, 2.05) is 0 Å². The predicted octanol–water partition coefficient (Wildman–Crippen LogP) is 2.15. The monoisotopic (exact) mass is 448 g/mol. The molecule has 4 N–H and O–H groups in total. The standard InChI is InChI=1S/C21H22F2N4O3S/c22-14-3-6-16-17(10-25-20(16)9-14)13-1-4-15(5-2-13)31(29,30)26-8-7-21(28)27-11-18(23)19(24)12-27/h1-6,9-10,18-19,25-26H,7-8,11-12,24H2/t18-,19-/m1/s1. The summed E-state index contributed by atoms with van der Waals surface area (Å²) in [5.41, 5.74) is 7.82. The second-order valence-corrected chi connectivity index (χ2v) is 9.31. The summed E-state index contributed by atoms with van der Waals surface area (Å²) in [5.74, 6) is -0.687. The number of fused-ring (bicyclic) bond motifs is 1. The van der Waals surface area contributed by atoms with Gasteiger partial charge in [-0.1, -0.05) is 12.1 Å². The van der Waals surface area contributed by atoms with Gasteiger partial charge in [-0.3, -0.25) is 4.79 Å². The molecule has 7 nitrogen and oxygen atoms in total. The van der Waals surface area contributed by atoms with Crippen LogP contribution < -0.4 is 10.5 Å². The number of aromatic amines is 1. The molecule has 0 saturated carbocycles. The zero-order chi connectivity index (χ0) is 22.2. The van der Waals surface area contributed by atoms with Crippen molar-refractivity contribution in [2.45, 2.75) is 23.5 Å². The molecule has 10 heteroatoms. The number of nitrogens with one attached hydrogen (secondary N) is 2. The van der Waals surface area contributed by atoms with Crippen molar-refractivity contribution in [1.29, 1.82) is 0 Å². The van der Waals surface area contributed by atoms with Crippen LogP contribution >= 0.6 is 0 Å². The summed E-state index contributed by atoms with van der Waals surface area (Å²) in [6.45, 7) is -0.0248. The van der Waals surface area contributed by atoms with Gasteiger partial charge in [0.2, 0.25) is 15.9 Å². The van der Waals surface area contributed by atoms with E-state index in [1.54, 1.807) is 24.4 Å². The molecule has 0 spiro atoms. The smallest absolute Gasteiger partial charge is 0.240 e. The van der Waals surface area contributed by atoms with E-state index in [0.717, 1.165) is 16.5 Å². The van der Waals surface area contributed by atoms with Crippen molar-refractivity contribution < 1.29 is 22.0 Å². The van der Waals surface area contributed by atoms with E-state index in [-0.39, 0.29) is 42.7 Å². The van der Waals surface area contributed by atoms with Crippen LogP contribution in [0.3, 0.4) is 0 Å². The van der Waals surface area contributed by atoms with Crippen molar-refractivity contribution in [2.24, 2.45) is 5.73 Å². The number of amides is 1. The SMILES string of the molecule is N[C@@H]1CN(C(=O)CCNS(=O)(=O)c2ccc(-c3c[nH]c4cc(F)ccc34)cc2)C[C@H]1F. The minimum absolute atomic E-state index is 0.0570. The van der Waals surface area contributed by atoms with Gasteiger partial charge in [-0.25, -0.2) is 21.9 Å². The third-order valence-electron chi connectivity index (χ3n) is 5.39. The molecule has 0 radical (unpaired) electrons.